The van der Waals surface area contributed by atoms with Gasteiger partial charge in [-0.05, 0) is 54.6 Å². The van der Waals surface area contributed by atoms with Gasteiger partial charge in [-0.1, -0.05) is 98.8 Å². The van der Waals surface area contributed by atoms with Gasteiger partial charge in [0.25, 0.3) is 5.91 Å². The van der Waals surface area contributed by atoms with E-state index in [0.29, 0.717) is 5.92 Å². The number of benzene rings is 3. The summed E-state index contributed by atoms with van der Waals surface area (Å²) in [5.41, 5.74) is 4.43. The summed E-state index contributed by atoms with van der Waals surface area (Å²) in [5.74, 6) is -0.00984. The summed E-state index contributed by atoms with van der Waals surface area (Å²) in [5, 5.41) is 0. The van der Waals surface area contributed by atoms with Crippen molar-refractivity contribution in [3.05, 3.63) is 107 Å². The summed E-state index contributed by atoms with van der Waals surface area (Å²) < 4.78 is 29.2. The molecule has 5 atom stereocenters. The lowest BCUT2D eigenvalue weighted by Gasteiger charge is -2.37. The molecule has 4 aliphatic rings. The minimum absolute atomic E-state index is 0.0713. The highest BCUT2D eigenvalue weighted by molar-refractivity contribution is 7.90. The van der Waals surface area contributed by atoms with Crippen molar-refractivity contribution in [1.82, 2.24) is 4.31 Å². The maximum absolute atomic E-state index is 14.8. The van der Waals surface area contributed by atoms with Crippen LogP contribution in [0.2, 0.25) is 0 Å². The number of fused-ring (bicyclic) bond motifs is 2. The van der Waals surface area contributed by atoms with Crippen LogP contribution in [0.15, 0.2) is 89.9 Å². The number of amides is 1. The zero-order valence-electron chi connectivity index (χ0n) is 23.2. The molecule has 0 radical (unpaired) electrons. The Labute approximate surface area is 237 Å². The highest BCUT2D eigenvalue weighted by Gasteiger charge is 2.72. The topological polar surface area (TPSA) is 66.8 Å². The third-order valence-electron chi connectivity index (χ3n) is 10.8. The number of hydrogen-bond acceptors (Lipinski definition) is 4. The van der Waals surface area contributed by atoms with E-state index in [1.165, 1.54) is 9.87 Å². The molecule has 0 aromatic heterocycles. The van der Waals surface area contributed by atoms with Crippen LogP contribution in [0.3, 0.4) is 0 Å². The zero-order chi connectivity index (χ0) is 27.7. The van der Waals surface area contributed by atoms with Crippen molar-refractivity contribution in [3.63, 3.8) is 0 Å². The Morgan fingerprint density at radius 2 is 1.52 bits per heavy atom. The van der Waals surface area contributed by atoms with Crippen molar-refractivity contribution in [1.29, 1.82) is 0 Å². The first kappa shape index (κ1) is 25.7. The summed E-state index contributed by atoms with van der Waals surface area (Å²) >= 11 is 0. The fraction of sp³-hybridized carbons (Fsp3) is 0.412. The van der Waals surface area contributed by atoms with Gasteiger partial charge in [-0.2, -0.15) is 0 Å². The lowest BCUT2D eigenvalue weighted by molar-refractivity contribution is -0.130. The van der Waals surface area contributed by atoms with E-state index in [9.17, 15) is 13.2 Å². The van der Waals surface area contributed by atoms with Crippen molar-refractivity contribution in [2.24, 2.45) is 21.7 Å². The van der Waals surface area contributed by atoms with Gasteiger partial charge in [0, 0.05) is 22.5 Å². The van der Waals surface area contributed by atoms with Crippen LogP contribution < -0.4 is 0 Å². The van der Waals surface area contributed by atoms with E-state index < -0.39 is 16.1 Å². The number of sulfonamides is 1. The van der Waals surface area contributed by atoms with Crippen molar-refractivity contribution in [3.8, 4) is 0 Å². The second kappa shape index (κ2) is 9.13. The van der Waals surface area contributed by atoms with Crippen LogP contribution in [0, 0.1) is 16.7 Å². The molecule has 3 fully saturated rings. The van der Waals surface area contributed by atoms with E-state index >= 15 is 0 Å². The van der Waals surface area contributed by atoms with Crippen LogP contribution in [0.4, 0.5) is 0 Å². The van der Waals surface area contributed by atoms with Gasteiger partial charge >= 0.3 is 0 Å². The Balaban J connectivity index is 1.39. The Kier molecular flexibility index (Phi) is 5.87. The molecular formula is C34H36N2O3S. The highest BCUT2D eigenvalue weighted by Crippen LogP contribution is 2.70. The van der Waals surface area contributed by atoms with E-state index in [0.717, 1.165) is 54.5 Å². The lowest BCUT2D eigenvalue weighted by atomic mass is 9.69. The molecular weight excluding hydrogens is 516 g/mol. The van der Waals surface area contributed by atoms with Gasteiger partial charge < -0.3 is 0 Å². The molecule has 1 unspecified atom stereocenters. The number of hydrogen-bond donors (Lipinski definition) is 0. The van der Waals surface area contributed by atoms with Crippen molar-refractivity contribution in [2.75, 3.05) is 5.75 Å². The van der Waals surface area contributed by atoms with Gasteiger partial charge in [0.1, 0.15) is 6.04 Å². The molecule has 1 spiro atoms. The second-order valence-corrected chi connectivity index (χ2v) is 14.6. The summed E-state index contributed by atoms with van der Waals surface area (Å²) in [6.45, 7) is 4.44. The predicted molar refractivity (Wildman–Crippen MR) is 158 cm³/mol. The number of aryl methyl sites for hydroxylation is 1. The average molecular weight is 553 g/mol. The molecule has 3 aromatic rings. The molecule has 1 heterocycles. The molecule has 1 aliphatic heterocycles. The van der Waals surface area contributed by atoms with E-state index in [1.54, 1.807) is 0 Å². The maximum Gasteiger partial charge on any atom is 0.261 e. The van der Waals surface area contributed by atoms with Gasteiger partial charge in [0.05, 0.1) is 17.5 Å². The minimum Gasteiger partial charge on any atom is -0.271 e. The molecule has 1 saturated heterocycles. The van der Waals surface area contributed by atoms with Crippen LogP contribution in [-0.2, 0) is 21.2 Å². The molecule has 3 aliphatic carbocycles. The van der Waals surface area contributed by atoms with Crippen LogP contribution in [0.5, 0.6) is 0 Å². The van der Waals surface area contributed by atoms with Gasteiger partial charge in [-0.3, -0.25) is 9.79 Å². The maximum atomic E-state index is 14.8. The number of aliphatic imine (C=N–C) groups is 1. The summed E-state index contributed by atoms with van der Waals surface area (Å²) in [4.78, 5) is 20.1. The lowest BCUT2D eigenvalue weighted by Crippen LogP contribution is -2.48. The normalized spacial score (nSPS) is 29.6. The largest absolute Gasteiger partial charge is 0.271 e. The zero-order valence-corrected chi connectivity index (χ0v) is 24.0. The highest BCUT2D eigenvalue weighted by atomic mass is 32.2. The molecule has 7 rings (SSSR count). The smallest absolute Gasteiger partial charge is 0.261 e. The van der Waals surface area contributed by atoms with Crippen LogP contribution in [0.1, 0.15) is 67.7 Å². The fourth-order valence-electron chi connectivity index (χ4n) is 8.59. The second-order valence-electron chi connectivity index (χ2n) is 12.8. The van der Waals surface area contributed by atoms with Crippen LogP contribution in [-0.4, -0.2) is 42.2 Å². The van der Waals surface area contributed by atoms with Crippen molar-refractivity contribution < 1.29 is 13.2 Å². The molecule has 5 nitrogen and oxygen atoms in total. The van der Waals surface area contributed by atoms with Gasteiger partial charge in [-0.15, -0.1) is 0 Å². The predicted octanol–water partition coefficient (Wildman–Crippen LogP) is 5.99. The first-order chi connectivity index (χ1) is 19.2. The molecule has 206 valence electrons. The minimum atomic E-state index is -3.76. The summed E-state index contributed by atoms with van der Waals surface area (Å²) in [6.07, 6.45) is 4.32. The standard InChI is InChI=1S/C34H36N2O3S/c1-33(2)26-19-20-34(33)22-40(38,39)36(29(34)21-26)32(37)31(28-18-17-23-11-9-10-16-27(23)28)35-30(24-12-5-3-6-13-24)25-14-7-4-8-15-25/h3-16,26,28-29,31H,17-22H2,1-2H3/t26-,28?,29-,31+,34-/m1/s1. The third-order valence-corrected chi connectivity index (χ3v) is 12.7. The monoisotopic (exact) mass is 552 g/mol. The van der Waals surface area contributed by atoms with Crippen molar-refractivity contribution in [2.45, 2.75) is 64.0 Å². The number of nitrogens with zero attached hydrogens (tertiary/aromatic N) is 2. The van der Waals surface area contributed by atoms with Gasteiger partial charge in [0.2, 0.25) is 10.0 Å². The Morgan fingerprint density at radius 3 is 2.17 bits per heavy atom. The number of carbonyl (C=O) groups is 1. The molecule has 2 bridgehead atoms. The van der Waals surface area contributed by atoms with Crippen LogP contribution in [0.25, 0.3) is 0 Å². The van der Waals surface area contributed by atoms with E-state index in [-0.39, 0.29) is 34.4 Å². The molecule has 3 aromatic carbocycles. The summed E-state index contributed by atoms with van der Waals surface area (Å²) in [7, 11) is -3.76. The quantitative estimate of drug-likeness (QED) is 0.365. The Bertz CT molecular complexity index is 1560. The molecule has 1 amide bonds. The van der Waals surface area contributed by atoms with E-state index in [1.807, 2.05) is 72.8 Å². The van der Waals surface area contributed by atoms with E-state index in [4.69, 9.17) is 4.99 Å². The van der Waals surface area contributed by atoms with E-state index in [2.05, 4.69) is 26.0 Å². The van der Waals surface area contributed by atoms with Gasteiger partial charge in [0.15, 0.2) is 0 Å². The third kappa shape index (κ3) is 3.68. The molecule has 2 saturated carbocycles. The van der Waals surface area contributed by atoms with Crippen molar-refractivity contribution >= 4 is 21.6 Å². The molecule has 0 N–H and O–H groups in total. The molecule has 40 heavy (non-hydrogen) atoms. The fourth-order valence-corrected chi connectivity index (χ4v) is 11.1. The average Bonchev–Trinajstić information content (AvgIpc) is 3.62. The Morgan fingerprint density at radius 1 is 0.900 bits per heavy atom. The first-order valence-corrected chi connectivity index (χ1v) is 16.2. The van der Waals surface area contributed by atoms with Gasteiger partial charge in [-0.25, -0.2) is 12.7 Å². The molecule has 6 heteroatoms. The van der Waals surface area contributed by atoms with Crippen LogP contribution >= 0.6 is 0 Å². The summed E-state index contributed by atoms with van der Waals surface area (Å²) in [6, 6.07) is 27.0. The first-order valence-electron chi connectivity index (χ1n) is 14.6. The number of rotatable bonds is 5. The SMILES string of the molecule is CC1(C)[C@@H]2CC[C@]13CS(=O)(=O)N(C(=O)[C@@H](N=C(c1ccccc1)c1ccccc1)C1CCc4ccccc41)[C@@H]3C2. The number of carbonyl (C=O) groups excluding carboxylic acids is 1. The Hall–Kier alpha value is -3.25.